The van der Waals surface area contributed by atoms with Gasteiger partial charge in [-0.25, -0.2) is 0 Å². The minimum Gasteiger partial charge on any atom is -0.462 e. The van der Waals surface area contributed by atoms with Crippen molar-refractivity contribution >= 4 is 17.9 Å². The summed E-state index contributed by atoms with van der Waals surface area (Å²) in [6.45, 7) is 6.69. The van der Waals surface area contributed by atoms with Gasteiger partial charge in [0.05, 0.1) is 0 Å². The van der Waals surface area contributed by atoms with E-state index in [1.54, 1.807) is 0 Å². The first-order valence-corrected chi connectivity index (χ1v) is 35.5. The number of esters is 3. The third-order valence-electron chi connectivity index (χ3n) is 16.1. The van der Waals surface area contributed by atoms with Gasteiger partial charge in [-0.1, -0.05) is 333 Å². The second-order valence-corrected chi connectivity index (χ2v) is 24.1. The van der Waals surface area contributed by atoms with Crippen molar-refractivity contribution in [3.05, 3.63) is 36.5 Å². The number of unbranched alkanes of at least 4 members (excludes halogenated alkanes) is 49. The second kappa shape index (κ2) is 68.1. The van der Waals surface area contributed by atoms with E-state index in [1.807, 2.05) is 0 Å². The molecule has 0 aliphatic rings. The zero-order valence-electron chi connectivity index (χ0n) is 53.4. The van der Waals surface area contributed by atoms with E-state index < -0.39 is 6.10 Å². The Morgan fingerprint density at radius 3 is 0.709 bits per heavy atom. The van der Waals surface area contributed by atoms with E-state index in [1.165, 1.54) is 283 Å². The fraction of sp³-hybridized carbons (Fsp3) is 0.877. The maximum absolute atomic E-state index is 12.9. The summed E-state index contributed by atoms with van der Waals surface area (Å²) in [4.78, 5) is 38.4. The molecule has 0 bridgehead atoms. The largest absolute Gasteiger partial charge is 0.462 e. The molecule has 6 nitrogen and oxygen atoms in total. The molecule has 79 heavy (non-hydrogen) atoms. The van der Waals surface area contributed by atoms with E-state index >= 15 is 0 Å². The van der Waals surface area contributed by atoms with Crippen molar-refractivity contribution in [3.8, 4) is 0 Å². The molecule has 0 aliphatic carbocycles. The van der Waals surface area contributed by atoms with Crippen LogP contribution in [0.1, 0.15) is 393 Å². The summed E-state index contributed by atoms with van der Waals surface area (Å²) in [6.07, 6.45) is 84.6. The number of carbonyl (C=O) groups excluding carboxylic acids is 3. The lowest BCUT2D eigenvalue weighted by Gasteiger charge is -2.18. The molecule has 6 heteroatoms. The monoisotopic (exact) mass is 1110 g/mol. The molecule has 464 valence electrons. The van der Waals surface area contributed by atoms with E-state index in [0.29, 0.717) is 19.3 Å². The summed E-state index contributed by atoms with van der Waals surface area (Å²) >= 11 is 0. The average molecular weight is 1110 g/mol. The topological polar surface area (TPSA) is 78.9 Å². The minimum atomic E-state index is -0.773. The van der Waals surface area contributed by atoms with Gasteiger partial charge < -0.3 is 14.2 Å². The van der Waals surface area contributed by atoms with Crippen LogP contribution < -0.4 is 0 Å². The Kier molecular flexibility index (Phi) is 66.1. The second-order valence-electron chi connectivity index (χ2n) is 24.1. The van der Waals surface area contributed by atoms with Crippen molar-refractivity contribution < 1.29 is 28.6 Å². The van der Waals surface area contributed by atoms with Crippen LogP contribution in [0, 0.1) is 0 Å². The van der Waals surface area contributed by atoms with Crippen molar-refractivity contribution in [1.29, 1.82) is 0 Å². The van der Waals surface area contributed by atoms with Crippen molar-refractivity contribution in [2.45, 2.75) is 399 Å². The zero-order valence-corrected chi connectivity index (χ0v) is 53.4. The Morgan fingerprint density at radius 2 is 0.456 bits per heavy atom. The van der Waals surface area contributed by atoms with Crippen LogP contribution in [0.25, 0.3) is 0 Å². The molecule has 1 unspecified atom stereocenters. The van der Waals surface area contributed by atoms with E-state index in [-0.39, 0.29) is 31.1 Å². The molecule has 0 fully saturated rings. The average Bonchev–Trinajstić information content (AvgIpc) is 3.45. The van der Waals surface area contributed by atoms with E-state index in [4.69, 9.17) is 14.2 Å². The molecule has 0 aliphatic heterocycles. The lowest BCUT2D eigenvalue weighted by molar-refractivity contribution is -0.167. The van der Waals surface area contributed by atoms with Gasteiger partial charge in [0.15, 0.2) is 6.10 Å². The van der Waals surface area contributed by atoms with Gasteiger partial charge in [-0.3, -0.25) is 14.4 Å². The number of hydrogen-bond donors (Lipinski definition) is 0. The summed E-state index contributed by atoms with van der Waals surface area (Å²) in [5, 5.41) is 0. The van der Waals surface area contributed by atoms with Crippen LogP contribution in [0.15, 0.2) is 36.5 Å². The highest BCUT2D eigenvalue weighted by Crippen LogP contribution is 2.18. The summed E-state index contributed by atoms with van der Waals surface area (Å²) in [5.41, 5.74) is 0. The summed E-state index contributed by atoms with van der Waals surface area (Å²) in [6, 6.07) is 0. The van der Waals surface area contributed by atoms with Gasteiger partial charge in [0, 0.05) is 19.3 Å². The van der Waals surface area contributed by atoms with Gasteiger partial charge in [0.2, 0.25) is 0 Å². The molecular formula is C73H136O6. The molecule has 0 aromatic rings. The molecule has 0 amide bonds. The maximum atomic E-state index is 12.9. The number of carbonyl (C=O) groups is 3. The fourth-order valence-corrected chi connectivity index (χ4v) is 10.8. The lowest BCUT2D eigenvalue weighted by atomic mass is 10.0. The predicted molar refractivity (Wildman–Crippen MR) is 344 cm³/mol. The van der Waals surface area contributed by atoms with Crippen LogP contribution in [-0.2, 0) is 28.6 Å². The van der Waals surface area contributed by atoms with Gasteiger partial charge >= 0.3 is 17.9 Å². The first kappa shape index (κ1) is 76.6. The Balaban J connectivity index is 4.23. The fourth-order valence-electron chi connectivity index (χ4n) is 10.8. The Hall–Kier alpha value is -2.37. The molecule has 0 saturated carbocycles. The maximum Gasteiger partial charge on any atom is 0.306 e. The highest BCUT2D eigenvalue weighted by atomic mass is 16.6. The number of allylic oxidation sites excluding steroid dienone is 6. The highest BCUT2D eigenvalue weighted by Gasteiger charge is 2.19. The molecule has 0 N–H and O–H groups in total. The van der Waals surface area contributed by atoms with Crippen LogP contribution >= 0.6 is 0 Å². The smallest absolute Gasteiger partial charge is 0.306 e. The van der Waals surface area contributed by atoms with Crippen LogP contribution in [0.3, 0.4) is 0 Å². The molecule has 1 atom stereocenters. The SMILES string of the molecule is CCCCCCC/C=C\C/C=C\CCCCCCCCCCCCCCCCCC(=O)OCC(COC(=O)CCCCCCC/C=C\CCCCCCC)OC(=O)CCCCCCCCCCCCCCCCCCCCCC. The Bertz CT molecular complexity index is 1320. The number of rotatable bonds is 66. The normalized spacial score (nSPS) is 12.2. The van der Waals surface area contributed by atoms with Gasteiger partial charge in [-0.05, 0) is 77.0 Å². The summed E-state index contributed by atoms with van der Waals surface area (Å²) in [5.74, 6) is -0.848. The molecule has 0 spiro atoms. The first-order chi connectivity index (χ1) is 39.0. The molecule has 0 rings (SSSR count). The van der Waals surface area contributed by atoms with Crippen LogP contribution in [0.4, 0.5) is 0 Å². The highest BCUT2D eigenvalue weighted by molar-refractivity contribution is 5.71. The first-order valence-electron chi connectivity index (χ1n) is 35.5. The van der Waals surface area contributed by atoms with Crippen molar-refractivity contribution in [2.75, 3.05) is 13.2 Å². The van der Waals surface area contributed by atoms with E-state index in [2.05, 4.69) is 57.2 Å². The van der Waals surface area contributed by atoms with Crippen LogP contribution in [-0.4, -0.2) is 37.2 Å². The predicted octanol–water partition coefficient (Wildman–Crippen LogP) is 24.3. The zero-order chi connectivity index (χ0) is 57.1. The molecular weight excluding hydrogens is 973 g/mol. The van der Waals surface area contributed by atoms with Gasteiger partial charge in [-0.15, -0.1) is 0 Å². The third kappa shape index (κ3) is 66.3. The molecule has 0 saturated heterocycles. The quantitative estimate of drug-likeness (QED) is 0.0261. The molecule has 0 aromatic carbocycles. The van der Waals surface area contributed by atoms with Gasteiger partial charge in [-0.2, -0.15) is 0 Å². The van der Waals surface area contributed by atoms with Crippen molar-refractivity contribution in [3.63, 3.8) is 0 Å². The number of hydrogen-bond acceptors (Lipinski definition) is 6. The standard InChI is InChI=1S/C73H136O6/c1-4-7-10-13-16-19-22-25-28-30-32-34-35-36-37-38-39-40-42-43-45-48-51-54-57-60-63-66-72(75)78-69-70(68-77-71(74)65-62-59-56-53-50-47-27-24-21-18-15-12-9-6-3)79-73(76)67-64-61-58-55-52-49-46-44-41-33-31-29-26-23-20-17-14-11-8-5-2/h22,24-25,27,30,32,70H,4-21,23,26,28-29,31,33-69H2,1-3H3/b25-22-,27-24-,32-30-. The number of ether oxygens (including phenoxy) is 3. The summed E-state index contributed by atoms with van der Waals surface area (Å²) < 4.78 is 17.0. The van der Waals surface area contributed by atoms with Crippen molar-refractivity contribution in [1.82, 2.24) is 0 Å². The Labute approximate surface area is 493 Å². The third-order valence-corrected chi connectivity index (χ3v) is 16.1. The minimum absolute atomic E-state index is 0.0694. The lowest BCUT2D eigenvalue weighted by Crippen LogP contribution is -2.30. The van der Waals surface area contributed by atoms with Crippen LogP contribution in [0.2, 0.25) is 0 Å². The molecule has 0 aromatic heterocycles. The summed E-state index contributed by atoms with van der Waals surface area (Å²) in [7, 11) is 0. The van der Waals surface area contributed by atoms with Gasteiger partial charge in [0.25, 0.3) is 0 Å². The van der Waals surface area contributed by atoms with Crippen molar-refractivity contribution in [2.24, 2.45) is 0 Å². The van der Waals surface area contributed by atoms with E-state index in [0.717, 1.165) is 70.6 Å². The van der Waals surface area contributed by atoms with E-state index in [9.17, 15) is 14.4 Å². The van der Waals surface area contributed by atoms with Crippen LogP contribution in [0.5, 0.6) is 0 Å². The Morgan fingerprint density at radius 1 is 0.253 bits per heavy atom. The van der Waals surface area contributed by atoms with Gasteiger partial charge in [0.1, 0.15) is 13.2 Å². The molecule has 0 heterocycles. The molecule has 0 radical (unpaired) electrons.